The first kappa shape index (κ1) is 12.3. The molecule has 0 heterocycles. The van der Waals surface area contributed by atoms with E-state index in [1.165, 1.54) is 0 Å². The zero-order chi connectivity index (χ0) is 12.1. The second-order valence-corrected chi connectivity index (χ2v) is 5.22. The number of urea groups is 1. The van der Waals surface area contributed by atoms with Crippen LogP contribution in [0.5, 0.6) is 0 Å². The lowest BCUT2D eigenvalue weighted by atomic mass is 10.1. The van der Waals surface area contributed by atoms with Gasteiger partial charge in [0.25, 0.3) is 0 Å². The Balaban J connectivity index is 1.94. The van der Waals surface area contributed by atoms with Crippen molar-refractivity contribution in [3.05, 3.63) is 35.9 Å². The molecule has 1 aromatic carbocycles. The maximum Gasteiger partial charge on any atom is 0.315 e. The highest BCUT2D eigenvalue weighted by molar-refractivity contribution is 7.98. The van der Waals surface area contributed by atoms with E-state index in [1.807, 2.05) is 18.2 Å². The highest BCUT2D eigenvalue weighted by Gasteiger charge is 2.24. The number of hydrogen-bond donors (Lipinski definition) is 2. The zero-order valence-corrected chi connectivity index (χ0v) is 10.8. The van der Waals surface area contributed by atoms with Gasteiger partial charge in [0.1, 0.15) is 0 Å². The molecule has 0 radical (unpaired) electrons. The molecule has 0 spiro atoms. The van der Waals surface area contributed by atoms with Gasteiger partial charge in [-0.05, 0) is 24.7 Å². The van der Waals surface area contributed by atoms with Crippen LogP contribution in [-0.2, 0) is 0 Å². The molecule has 2 rings (SSSR count). The van der Waals surface area contributed by atoms with Gasteiger partial charge in [0.15, 0.2) is 0 Å². The van der Waals surface area contributed by atoms with E-state index in [-0.39, 0.29) is 12.1 Å². The van der Waals surface area contributed by atoms with E-state index in [1.54, 1.807) is 11.8 Å². The summed E-state index contributed by atoms with van der Waals surface area (Å²) in [4.78, 5) is 11.7. The molecule has 0 aliphatic heterocycles. The SMILES string of the molecule is CSC[C@@H](NC(=O)NC1CC1)c1ccccc1. The monoisotopic (exact) mass is 250 g/mol. The predicted molar refractivity (Wildman–Crippen MR) is 72.3 cm³/mol. The molecule has 0 bridgehead atoms. The summed E-state index contributed by atoms with van der Waals surface area (Å²) in [5.41, 5.74) is 1.16. The van der Waals surface area contributed by atoms with Crippen molar-refractivity contribution in [2.75, 3.05) is 12.0 Å². The van der Waals surface area contributed by atoms with Crippen LogP contribution in [0, 0.1) is 0 Å². The van der Waals surface area contributed by atoms with Gasteiger partial charge in [0, 0.05) is 11.8 Å². The molecule has 1 aromatic rings. The first-order valence-corrected chi connectivity index (χ1v) is 7.30. The van der Waals surface area contributed by atoms with Crippen molar-refractivity contribution in [2.45, 2.75) is 24.9 Å². The Kier molecular flexibility index (Phi) is 4.31. The fourth-order valence-electron chi connectivity index (χ4n) is 1.69. The summed E-state index contributed by atoms with van der Waals surface area (Å²) in [5, 5.41) is 5.99. The summed E-state index contributed by atoms with van der Waals surface area (Å²) >= 11 is 1.74. The minimum absolute atomic E-state index is 0.0459. The van der Waals surface area contributed by atoms with Gasteiger partial charge in [-0.2, -0.15) is 11.8 Å². The Hall–Kier alpha value is -1.16. The van der Waals surface area contributed by atoms with Crippen molar-refractivity contribution < 1.29 is 4.79 Å². The van der Waals surface area contributed by atoms with E-state index in [9.17, 15) is 4.79 Å². The molecule has 0 saturated heterocycles. The van der Waals surface area contributed by atoms with Gasteiger partial charge in [0.05, 0.1) is 6.04 Å². The molecule has 0 aromatic heterocycles. The Morgan fingerprint density at radius 3 is 2.71 bits per heavy atom. The van der Waals surface area contributed by atoms with Gasteiger partial charge in [-0.3, -0.25) is 0 Å². The molecule has 1 fully saturated rings. The molecule has 2 N–H and O–H groups in total. The lowest BCUT2D eigenvalue weighted by molar-refractivity contribution is 0.237. The molecule has 1 atom stereocenters. The second-order valence-electron chi connectivity index (χ2n) is 4.31. The smallest absolute Gasteiger partial charge is 0.315 e. The van der Waals surface area contributed by atoms with Crippen LogP contribution in [0.3, 0.4) is 0 Å². The number of carbonyl (C=O) groups excluding carboxylic acids is 1. The number of benzene rings is 1. The van der Waals surface area contributed by atoms with Gasteiger partial charge in [-0.1, -0.05) is 30.3 Å². The van der Waals surface area contributed by atoms with Gasteiger partial charge in [0.2, 0.25) is 0 Å². The third-order valence-electron chi connectivity index (χ3n) is 2.75. The first-order valence-electron chi connectivity index (χ1n) is 5.90. The molecule has 1 aliphatic rings. The largest absolute Gasteiger partial charge is 0.335 e. The molecule has 2 amide bonds. The van der Waals surface area contributed by atoms with Crippen LogP contribution >= 0.6 is 11.8 Å². The Morgan fingerprint density at radius 2 is 2.12 bits per heavy atom. The molecular formula is C13H18N2OS. The van der Waals surface area contributed by atoms with Crippen molar-refractivity contribution in [3.63, 3.8) is 0 Å². The van der Waals surface area contributed by atoms with Crippen LogP contribution < -0.4 is 10.6 Å². The summed E-state index contributed by atoms with van der Waals surface area (Å²) in [6.45, 7) is 0. The molecule has 1 saturated carbocycles. The average Bonchev–Trinajstić information content (AvgIpc) is 3.13. The van der Waals surface area contributed by atoms with Crippen LogP contribution in [0.15, 0.2) is 30.3 Å². The van der Waals surface area contributed by atoms with E-state index < -0.39 is 0 Å². The van der Waals surface area contributed by atoms with Gasteiger partial charge >= 0.3 is 6.03 Å². The number of carbonyl (C=O) groups is 1. The summed E-state index contributed by atoms with van der Waals surface area (Å²) in [6.07, 6.45) is 4.29. The Bertz CT molecular complexity index is 365. The molecule has 0 unspecified atom stereocenters. The molecular weight excluding hydrogens is 232 g/mol. The van der Waals surface area contributed by atoms with Crippen molar-refractivity contribution in [2.24, 2.45) is 0 Å². The van der Waals surface area contributed by atoms with Gasteiger partial charge in [-0.15, -0.1) is 0 Å². The summed E-state index contributed by atoms with van der Waals surface area (Å²) < 4.78 is 0. The van der Waals surface area contributed by atoms with Crippen LogP contribution in [0.1, 0.15) is 24.4 Å². The van der Waals surface area contributed by atoms with Crippen LogP contribution in [0.4, 0.5) is 4.79 Å². The van der Waals surface area contributed by atoms with Crippen molar-refractivity contribution in [3.8, 4) is 0 Å². The van der Waals surface area contributed by atoms with Gasteiger partial charge in [-0.25, -0.2) is 4.79 Å². The van der Waals surface area contributed by atoms with E-state index in [0.717, 1.165) is 24.2 Å². The van der Waals surface area contributed by atoms with E-state index in [0.29, 0.717) is 6.04 Å². The number of hydrogen-bond acceptors (Lipinski definition) is 2. The number of nitrogens with one attached hydrogen (secondary N) is 2. The van der Waals surface area contributed by atoms with Crippen molar-refractivity contribution >= 4 is 17.8 Å². The highest BCUT2D eigenvalue weighted by atomic mass is 32.2. The summed E-state index contributed by atoms with van der Waals surface area (Å²) in [5.74, 6) is 0.891. The van der Waals surface area contributed by atoms with Crippen LogP contribution in [-0.4, -0.2) is 24.1 Å². The maximum absolute atomic E-state index is 11.7. The minimum Gasteiger partial charge on any atom is -0.335 e. The van der Waals surface area contributed by atoms with Crippen molar-refractivity contribution in [1.29, 1.82) is 0 Å². The molecule has 1 aliphatic carbocycles. The van der Waals surface area contributed by atoms with Crippen molar-refractivity contribution in [1.82, 2.24) is 10.6 Å². The first-order chi connectivity index (χ1) is 8.29. The fourth-order valence-corrected chi connectivity index (χ4v) is 2.30. The van der Waals surface area contributed by atoms with E-state index >= 15 is 0 Å². The highest BCUT2D eigenvalue weighted by Crippen LogP contribution is 2.20. The normalized spacial score (nSPS) is 16.3. The molecule has 3 nitrogen and oxygen atoms in total. The molecule has 92 valence electrons. The van der Waals surface area contributed by atoms with E-state index in [4.69, 9.17) is 0 Å². The summed E-state index contributed by atoms with van der Waals surface area (Å²) in [7, 11) is 0. The topological polar surface area (TPSA) is 41.1 Å². The van der Waals surface area contributed by atoms with E-state index in [2.05, 4.69) is 29.0 Å². The second kappa shape index (κ2) is 5.96. The minimum atomic E-state index is -0.0459. The standard InChI is InChI=1S/C13H18N2OS/c1-17-9-12(10-5-3-2-4-6-10)15-13(16)14-11-7-8-11/h2-6,11-12H,7-9H2,1H3,(H2,14,15,16)/t12-/m1/s1. The molecule has 4 heteroatoms. The Morgan fingerprint density at radius 1 is 1.41 bits per heavy atom. The Labute approximate surface area is 106 Å². The maximum atomic E-state index is 11.7. The van der Waals surface area contributed by atoms with Crippen LogP contribution in [0.2, 0.25) is 0 Å². The predicted octanol–water partition coefficient (Wildman–Crippen LogP) is 2.55. The lowest BCUT2D eigenvalue weighted by Crippen LogP contribution is -2.39. The number of amides is 2. The quantitative estimate of drug-likeness (QED) is 0.843. The lowest BCUT2D eigenvalue weighted by Gasteiger charge is -2.18. The number of rotatable bonds is 5. The zero-order valence-electron chi connectivity index (χ0n) is 9.98. The summed E-state index contributed by atoms with van der Waals surface area (Å²) in [6, 6.07) is 10.5. The molecule has 17 heavy (non-hydrogen) atoms. The third-order valence-corrected chi connectivity index (χ3v) is 3.42. The van der Waals surface area contributed by atoms with Gasteiger partial charge < -0.3 is 10.6 Å². The fraction of sp³-hybridized carbons (Fsp3) is 0.462. The average molecular weight is 250 g/mol. The van der Waals surface area contributed by atoms with Crippen LogP contribution in [0.25, 0.3) is 0 Å². The number of thioether (sulfide) groups is 1. The third kappa shape index (κ3) is 3.97.